The Balaban J connectivity index is 0.00000133. The second-order valence-electron chi connectivity index (χ2n) is 4.54. The van der Waals surface area contributed by atoms with Gasteiger partial charge in [-0.2, -0.15) is 0 Å². The number of oxazole rings is 1. The Morgan fingerprint density at radius 3 is 2.63 bits per heavy atom. The van der Waals surface area contributed by atoms with Gasteiger partial charge in [-0.1, -0.05) is 18.2 Å². The molecule has 0 spiro atoms. The number of hydrogen-bond donors (Lipinski definition) is 1. The molecule has 0 atom stereocenters. The van der Waals surface area contributed by atoms with Crippen LogP contribution in [0.4, 0.5) is 0 Å². The van der Waals surface area contributed by atoms with Gasteiger partial charge in [-0.15, -0.1) is 12.4 Å². The molecule has 3 rings (SSSR count). The summed E-state index contributed by atoms with van der Waals surface area (Å²) in [5.41, 5.74) is 2.04. The van der Waals surface area contributed by atoms with Crippen LogP contribution >= 0.6 is 12.4 Å². The summed E-state index contributed by atoms with van der Waals surface area (Å²) in [6.07, 6.45) is 1.77. The smallest absolute Gasteiger partial charge is 0.226 e. The predicted molar refractivity (Wildman–Crippen MR) is 77.3 cm³/mol. The standard InChI is InChI=1S/C14H17N3O.ClH/c1-2-4-12(5-3-1)14-16-13(11-18-14)10-17-8-6-15-7-9-17;/h1-5,11,15H,6-10H2;1H. The molecular weight excluding hydrogens is 262 g/mol. The molecule has 2 heterocycles. The van der Waals surface area contributed by atoms with Gasteiger partial charge in [0.1, 0.15) is 6.26 Å². The Morgan fingerprint density at radius 2 is 1.89 bits per heavy atom. The Labute approximate surface area is 119 Å². The van der Waals surface area contributed by atoms with Gasteiger partial charge in [0, 0.05) is 38.3 Å². The normalized spacial score (nSPS) is 16.0. The zero-order chi connectivity index (χ0) is 12.2. The molecule has 1 aliphatic heterocycles. The highest BCUT2D eigenvalue weighted by Gasteiger charge is 2.13. The van der Waals surface area contributed by atoms with Crippen molar-refractivity contribution in [3.63, 3.8) is 0 Å². The zero-order valence-corrected chi connectivity index (χ0v) is 11.5. The van der Waals surface area contributed by atoms with E-state index in [1.165, 1.54) is 0 Å². The fourth-order valence-corrected chi connectivity index (χ4v) is 2.19. The maximum absolute atomic E-state index is 5.54. The molecule has 0 bridgehead atoms. The highest BCUT2D eigenvalue weighted by molar-refractivity contribution is 5.85. The first-order valence-corrected chi connectivity index (χ1v) is 6.35. The Bertz CT molecular complexity index is 494. The van der Waals surface area contributed by atoms with E-state index < -0.39 is 0 Å². The average molecular weight is 280 g/mol. The molecule has 0 saturated carbocycles. The van der Waals surface area contributed by atoms with E-state index in [9.17, 15) is 0 Å². The second-order valence-corrected chi connectivity index (χ2v) is 4.54. The van der Waals surface area contributed by atoms with Crippen molar-refractivity contribution in [3.8, 4) is 11.5 Å². The van der Waals surface area contributed by atoms with Crippen LogP contribution in [0.1, 0.15) is 5.69 Å². The minimum absolute atomic E-state index is 0. The second kappa shape index (κ2) is 6.70. The Morgan fingerprint density at radius 1 is 1.16 bits per heavy atom. The van der Waals surface area contributed by atoms with Crippen molar-refractivity contribution in [1.29, 1.82) is 0 Å². The lowest BCUT2D eigenvalue weighted by molar-refractivity contribution is 0.230. The summed E-state index contributed by atoms with van der Waals surface area (Å²) < 4.78 is 5.54. The monoisotopic (exact) mass is 279 g/mol. The summed E-state index contributed by atoms with van der Waals surface area (Å²) >= 11 is 0. The fraction of sp³-hybridized carbons (Fsp3) is 0.357. The highest BCUT2D eigenvalue weighted by atomic mass is 35.5. The molecule has 1 aliphatic rings. The third kappa shape index (κ3) is 3.56. The topological polar surface area (TPSA) is 41.3 Å². The number of halogens is 1. The Kier molecular flexibility index (Phi) is 4.96. The summed E-state index contributed by atoms with van der Waals surface area (Å²) in [5.74, 6) is 0.709. The maximum atomic E-state index is 5.54. The molecule has 2 aromatic rings. The van der Waals surface area contributed by atoms with Crippen LogP contribution in [0, 0.1) is 0 Å². The number of benzene rings is 1. The van der Waals surface area contributed by atoms with Gasteiger partial charge in [-0.25, -0.2) is 4.98 Å². The van der Waals surface area contributed by atoms with Crippen LogP contribution < -0.4 is 5.32 Å². The van der Waals surface area contributed by atoms with E-state index in [0.29, 0.717) is 5.89 Å². The molecule has 0 amide bonds. The predicted octanol–water partition coefficient (Wildman–Crippen LogP) is 2.17. The lowest BCUT2D eigenvalue weighted by atomic mass is 10.2. The molecule has 1 N–H and O–H groups in total. The van der Waals surface area contributed by atoms with Crippen LogP contribution in [0.15, 0.2) is 41.0 Å². The van der Waals surface area contributed by atoms with Gasteiger partial charge in [0.15, 0.2) is 0 Å². The van der Waals surface area contributed by atoms with Crippen molar-refractivity contribution in [2.75, 3.05) is 26.2 Å². The van der Waals surface area contributed by atoms with Gasteiger partial charge in [0.25, 0.3) is 0 Å². The maximum Gasteiger partial charge on any atom is 0.226 e. The lowest BCUT2D eigenvalue weighted by Crippen LogP contribution is -2.42. The molecule has 19 heavy (non-hydrogen) atoms. The van der Waals surface area contributed by atoms with Gasteiger partial charge >= 0.3 is 0 Å². The van der Waals surface area contributed by atoms with Crippen molar-refractivity contribution in [1.82, 2.24) is 15.2 Å². The summed E-state index contributed by atoms with van der Waals surface area (Å²) in [5, 5.41) is 3.35. The number of nitrogens with one attached hydrogen (secondary N) is 1. The van der Waals surface area contributed by atoms with Crippen LogP contribution in [-0.2, 0) is 6.54 Å². The number of aromatic nitrogens is 1. The van der Waals surface area contributed by atoms with Crippen LogP contribution in [-0.4, -0.2) is 36.1 Å². The van der Waals surface area contributed by atoms with Gasteiger partial charge in [0.05, 0.1) is 5.69 Å². The molecule has 0 aliphatic carbocycles. The summed E-state index contributed by atoms with van der Waals surface area (Å²) in [6.45, 7) is 5.14. The van der Waals surface area contributed by atoms with E-state index in [1.807, 2.05) is 30.3 Å². The highest BCUT2D eigenvalue weighted by Crippen LogP contribution is 2.18. The molecule has 1 fully saturated rings. The number of nitrogens with zero attached hydrogens (tertiary/aromatic N) is 2. The third-order valence-corrected chi connectivity index (χ3v) is 3.17. The molecule has 102 valence electrons. The summed E-state index contributed by atoms with van der Waals surface area (Å²) in [6, 6.07) is 10.0. The average Bonchev–Trinajstić information content (AvgIpc) is 2.89. The number of rotatable bonds is 3. The van der Waals surface area contributed by atoms with Gasteiger partial charge in [-0.3, -0.25) is 4.90 Å². The van der Waals surface area contributed by atoms with E-state index >= 15 is 0 Å². The van der Waals surface area contributed by atoms with E-state index in [1.54, 1.807) is 6.26 Å². The third-order valence-electron chi connectivity index (χ3n) is 3.17. The number of piperazine rings is 1. The molecule has 1 saturated heterocycles. The Hall–Kier alpha value is -1.36. The molecule has 4 nitrogen and oxygen atoms in total. The van der Waals surface area contributed by atoms with E-state index in [2.05, 4.69) is 15.2 Å². The van der Waals surface area contributed by atoms with Crippen molar-refractivity contribution in [3.05, 3.63) is 42.3 Å². The fourth-order valence-electron chi connectivity index (χ4n) is 2.19. The largest absolute Gasteiger partial charge is 0.444 e. The first kappa shape index (κ1) is 14.1. The first-order chi connectivity index (χ1) is 8.92. The van der Waals surface area contributed by atoms with Crippen LogP contribution in [0.3, 0.4) is 0 Å². The van der Waals surface area contributed by atoms with Gasteiger partial charge in [0.2, 0.25) is 5.89 Å². The van der Waals surface area contributed by atoms with Crippen molar-refractivity contribution >= 4 is 12.4 Å². The van der Waals surface area contributed by atoms with Crippen molar-refractivity contribution < 1.29 is 4.42 Å². The first-order valence-electron chi connectivity index (χ1n) is 6.35. The molecule has 0 radical (unpaired) electrons. The van der Waals surface area contributed by atoms with Crippen molar-refractivity contribution in [2.24, 2.45) is 0 Å². The van der Waals surface area contributed by atoms with Gasteiger partial charge < -0.3 is 9.73 Å². The quantitative estimate of drug-likeness (QED) is 0.935. The van der Waals surface area contributed by atoms with E-state index in [0.717, 1.165) is 44.0 Å². The van der Waals surface area contributed by atoms with Crippen LogP contribution in [0.25, 0.3) is 11.5 Å². The molecule has 0 unspecified atom stereocenters. The molecule has 1 aromatic heterocycles. The molecule has 5 heteroatoms. The summed E-state index contributed by atoms with van der Waals surface area (Å²) in [4.78, 5) is 6.94. The lowest BCUT2D eigenvalue weighted by Gasteiger charge is -2.25. The zero-order valence-electron chi connectivity index (χ0n) is 10.7. The summed E-state index contributed by atoms with van der Waals surface area (Å²) in [7, 11) is 0. The van der Waals surface area contributed by atoms with Crippen molar-refractivity contribution in [2.45, 2.75) is 6.54 Å². The molecular formula is C14H18ClN3O. The minimum atomic E-state index is 0. The molecule has 1 aromatic carbocycles. The minimum Gasteiger partial charge on any atom is -0.444 e. The number of hydrogen-bond acceptors (Lipinski definition) is 4. The van der Waals surface area contributed by atoms with Crippen LogP contribution in [0.5, 0.6) is 0 Å². The van der Waals surface area contributed by atoms with E-state index in [4.69, 9.17) is 4.42 Å². The van der Waals surface area contributed by atoms with E-state index in [-0.39, 0.29) is 12.4 Å². The SMILES string of the molecule is Cl.c1ccc(-c2nc(CN3CCNCC3)co2)cc1. The van der Waals surface area contributed by atoms with Crippen LogP contribution in [0.2, 0.25) is 0 Å². The van der Waals surface area contributed by atoms with Gasteiger partial charge in [-0.05, 0) is 12.1 Å².